The van der Waals surface area contributed by atoms with Gasteiger partial charge in [-0.25, -0.2) is 0 Å². The van der Waals surface area contributed by atoms with Gasteiger partial charge in [-0.3, -0.25) is 20.2 Å². The zero-order valence-corrected chi connectivity index (χ0v) is 16.5. The summed E-state index contributed by atoms with van der Waals surface area (Å²) in [6, 6.07) is 10.9. The number of para-hydroxylation sites is 1. The van der Waals surface area contributed by atoms with Gasteiger partial charge in [-0.05, 0) is 36.3 Å². The number of hydrogen-bond donors (Lipinski definition) is 2. The van der Waals surface area contributed by atoms with E-state index in [-0.39, 0.29) is 16.5 Å². The summed E-state index contributed by atoms with van der Waals surface area (Å²) in [5, 5.41) is 16.3. The Morgan fingerprint density at radius 3 is 2.57 bits per heavy atom. The second-order valence-electron chi connectivity index (χ2n) is 6.25. The Morgan fingerprint density at radius 2 is 1.93 bits per heavy atom. The molecule has 0 aromatic heterocycles. The van der Waals surface area contributed by atoms with Gasteiger partial charge in [-0.2, -0.15) is 0 Å². The maximum Gasteiger partial charge on any atom is 0.273 e. The largest absolute Gasteiger partial charge is 0.494 e. The molecule has 28 heavy (non-hydrogen) atoms. The van der Waals surface area contributed by atoms with Crippen molar-refractivity contribution in [3.8, 4) is 11.5 Å². The highest BCUT2D eigenvalue weighted by molar-refractivity contribution is 7.80. The number of rotatable bonds is 7. The number of nitrogens with zero attached hydrogens (tertiary/aromatic N) is 1. The van der Waals surface area contributed by atoms with E-state index < -0.39 is 10.8 Å². The van der Waals surface area contributed by atoms with E-state index in [2.05, 4.69) is 10.6 Å². The van der Waals surface area contributed by atoms with Crippen molar-refractivity contribution < 1.29 is 19.2 Å². The van der Waals surface area contributed by atoms with E-state index in [1.807, 2.05) is 13.8 Å². The maximum absolute atomic E-state index is 12.6. The normalized spacial score (nSPS) is 10.3. The van der Waals surface area contributed by atoms with Gasteiger partial charge in [-0.1, -0.05) is 26.0 Å². The number of benzene rings is 2. The number of nitro benzene ring substituents is 1. The predicted molar refractivity (Wildman–Crippen MR) is 110 cm³/mol. The van der Waals surface area contributed by atoms with Crippen molar-refractivity contribution in [2.45, 2.75) is 13.8 Å². The number of nitrogens with one attached hydrogen (secondary N) is 2. The molecule has 0 bridgehead atoms. The van der Waals surface area contributed by atoms with Crippen LogP contribution >= 0.6 is 12.2 Å². The Morgan fingerprint density at radius 1 is 1.21 bits per heavy atom. The molecule has 0 fully saturated rings. The van der Waals surface area contributed by atoms with Crippen LogP contribution in [0.3, 0.4) is 0 Å². The van der Waals surface area contributed by atoms with Crippen molar-refractivity contribution in [1.82, 2.24) is 5.32 Å². The van der Waals surface area contributed by atoms with Gasteiger partial charge >= 0.3 is 0 Å². The topological polar surface area (TPSA) is 103 Å². The summed E-state index contributed by atoms with van der Waals surface area (Å²) < 4.78 is 10.8. The highest BCUT2D eigenvalue weighted by atomic mass is 32.1. The van der Waals surface area contributed by atoms with Gasteiger partial charge in [0, 0.05) is 6.07 Å². The van der Waals surface area contributed by atoms with Gasteiger partial charge in [0.05, 0.1) is 36.0 Å². The fourth-order valence-corrected chi connectivity index (χ4v) is 2.46. The fourth-order valence-electron chi connectivity index (χ4n) is 2.26. The van der Waals surface area contributed by atoms with Crippen molar-refractivity contribution in [1.29, 1.82) is 0 Å². The van der Waals surface area contributed by atoms with Crippen LogP contribution in [0.25, 0.3) is 0 Å². The predicted octanol–water partition coefficient (Wildman–Crippen LogP) is 3.77. The molecule has 0 saturated heterocycles. The van der Waals surface area contributed by atoms with Crippen LogP contribution in [0.1, 0.15) is 24.2 Å². The molecule has 0 aliphatic heterocycles. The summed E-state index contributed by atoms with van der Waals surface area (Å²) in [7, 11) is 1.38. The van der Waals surface area contributed by atoms with E-state index >= 15 is 0 Å². The Bertz CT molecular complexity index is 886. The molecule has 2 aromatic carbocycles. The van der Waals surface area contributed by atoms with Crippen LogP contribution in [-0.4, -0.2) is 29.7 Å². The van der Waals surface area contributed by atoms with E-state index in [1.54, 1.807) is 24.3 Å². The minimum Gasteiger partial charge on any atom is -0.494 e. The molecule has 0 atom stereocenters. The van der Waals surface area contributed by atoms with Crippen LogP contribution in [-0.2, 0) is 0 Å². The quantitative estimate of drug-likeness (QED) is 0.412. The molecule has 0 unspecified atom stereocenters. The fraction of sp³-hybridized carbons (Fsp3) is 0.263. The number of thiocarbonyl (C=S) groups is 1. The Labute approximate surface area is 168 Å². The van der Waals surface area contributed by atoms with Crippen molar-refractivity contribution in [3.63, 3.8) is 0 Å². The Hall–Kier alpha value is -3.20. The molecule has 0 aliphatic rings. The minimum atomic E-state index is -0.527. The first-order valence-corrected chi connectivity index (χ1v) is 8.89. The highest BCUT2D eigenvalue weighted by Crippen LogP contribution is 2.29. The van der Waals surface area contributed by atoms with Gasteiger partial charge in [0.2, 0.25) is 0 Å². The molecule has 9 heteroatoms. The average molecular weight is 403 g/mol. The van der Waals surface area contributed by atoms with Gasteiger partial charge in [-0.15, -0.1) is 0 Å². The SMILES string of the molecule is COc1cc([N+](=O)[O-])ccc1NC(=S)NC(=O)c1ccccc1OCC(C)C. The lowest BCUT2D eigenvalue weighted by atomic mass is 10.2. The maximum atomic E-state index is 12.6. The molecule has 0 aliphatic carbocycles. The second-order valence-corrected chi connectivity index (χ2v) is 6.66. The standard InChI is InChI=1S/C19H21N3O5S/c1-12(2)11-27-16-7-5-4-6-14(16)18(23)21-19(28)20-15-9-8-13(22(24)25)10-17(15)26-3/h4-10,12H,11H2,1-3H3,(H2,20,21,23,28). The number of anilines is 1. The smallest absolute Gasteiger partial charge is 0.273 e. The second kappa shape index (κ2) is 9.65. The molecule has 148 valence electrons. The van der Waals surface area contributed by atoms with Crippen molar-refractivity contribution in [3.05, 3.63) is 58.1 Å². The molecular weight excluding hydrogens is 382 g/mol. The molecule has 2 N–H and O–H groups in total. The lowest BCUT2D eigenvalue weighted by Crippen LogP contribution is -2.34. The molecular formula is C19H21N3O5S. The summed E-state index contributed by atoms with van der Waals surface area (Å²) in [5.41, 5.74) is 0.624. The summed E-state index contributed by atoms with van der Waals surface area (Å²) >= 11 is 5.18. The highest BCUT2D eigenvalue weighted by Gasteiger charge is 2.16. The first-order chi connectivity index (χ1) is 13.3. The third kappa shape index (κ3) is 5.65. The Balaban J connectivity index is 2.10. The molecule has 8 nitrogen and oxygen atoms in total. The van der Waals surface area contributed by atoms with Crippen LogP contribution in [0.2, 0.25) is 0 Å². The van der Waals surface area contributed by atoms with Crippen LogP contribution in [0.5, 0.6) is 11.5 Å². The molecule has 2 aromatic rings. The first-order valence-electron chi connectivity index (χ1n) is 8.48. The van der Waals surface area contributed by atoms with Crippen molar-refractivity contribution in [2.75, 3.05) is 19.0 Å². The van der Waals surface area contributed by atoms with E-state index in [4.69, 9.17) is 21.7 Å². The summed E-state index contributed by atoms with van der Waals surface area (Å²) in [6.45, 7) is 4.51. The number of methoxy groups -OCH3 is 1. The van der Waals surface area contributed by atoms with E-state index in [0.717, 1.165) is 0 Å². The number of non-ortho nitro benzene ring substituents is 1. The number of amides is 1. The zero-order valence-electron chi connectivity index (χ0n) is 15.7. The first kappa shape index (κ1) is 21.1. The van der Waals surface area contributed by atoms with Crippen LogP contribution in [0, 0.1) is 16.0 Å². The van der Waals surface area contributed by atoms with Crippen molar-refractivity contribution in [2.24, 2.45) is 5.92 Å². The number of nitro groups is 1. The number of carbonyl (C=O) groups is 1. The summed E-state index contributed by atoms with van der Waals surface area (Å²) in [6.07, 6.45) is 0. The van der Waals surface area contributed by atoms with Crippen LogP contribution < -0.4 is 20.1 Å². The van der Waals surface area contributed by atoms with Gasteiger partial charge in [0.15, 0.2) is 5.11 Å². The molecule has 0 saturated carbocycles. The molecule has 0 radical (unpaired) electrons. The monoisotopic (exact) mass is 403 g/mol. The summed E-state index contributed by atoms with van der Waals surface area (Å²) in [5.74, 6) is 0.571. The van der Waals surface area contributed by atoms with Crippen molar-refractivity contribution >= 4 is 34.6 Å². The van der Waals surface area contributed by atoms with Gasteiger partial charge < -0.3 is 14.8 Å². The molecule has 0 spiro atoms. The van der Waals surface area contributed by atoms with Crippen LogP contribution in [0.15, 0.2) is 42.5 Å². The van der Waals surface area contributed by atoms with E-state index in [9.17, 15) is 14.9 Å². The van der Waals surface area contributed by atoms with Crippen LogP contribution in [0.4, 0.5) is 11.4 Å². The third-order valence-electron chi connectivity index (χ3n) is 3.58. The molecule has 0 heterocycles. The van der Waals surface area contributed by atoms with Gasteiger partial charge in [0.1, 0.15) is 11.5 Å². The molecule has 2 rings (SSSR count). The zero-order chi connectivity index (χ0) is 20.7. The minimum absolute atomic E-state index is 0.0239. The lowest BCUT2D eigenvalue weighted by Gasteiger charge is -2.15. The number of carbonyl (C=O) groups excluding carboxylic acids is 1. The number of hydrogen-bond acceptors (Lipinski definition) is 6. The average Bonchev–Trinajstić information content (AvgIpc) is 2.66. The molecule has 1 amide bonds. The van der Waals surface area contributed by atoms with E-state index in [1.165, 1.54) is 25.3 Å². The van der Waals surface area contributed by atoms with E-state index in [0.29, 0.717) is 29.5 Å². The summed E-state index contributed by atoms with van der Waals surface area (Å²) in [4.78, 5) is 22.9. The third-order valence-corrected chi connectivity index (χ3v) is 3.78. The number of ether oxygens (including phenoxy) is 2. The van der Waals surface area contributed by atoms with Gasteiger partial charge in [0.25, 0.3) is 11.6 Å². The lowest BCUT2D eigenvalue weighted by molar-refractivity contribution is -0.384. The Kier molecular flexibility index (Phi) is 7.28.